The van der Waals surface area contributed by atoms with Gasteiger partial charge in [-0.2, -0.15) is 0 Å². The number of carbonyl (C=O) groups excluding carboxylic acids is 1. The largest absolute Gasteiger partial charge is 0.342 e. The van der Waals surface area contributed by atoms with E-state index in [0.717, 1.165) is 34.2 Å². The Morgan fingerprint density at radius 2 is 2.15 bits per heavy atom. The van der Waals surface area contributed by atoms with Gasteiger partial charge in [0, 0.05) is 35.1 Å². The number of amides is 1. The molecule has 2 heterocycles. The molecule has 6 heteroatoms. The number of hydrogen-bond donors (Lipinski definition) is 1. The number of imidazole rings is 1. The van der Waals surface area contributed by atoms with E-state index in [2.05, 4.69) is 25.9 Å². The molecule has 1 aliphatic heterocycles. The maximum atomic E-state index is 13.8. The number of halogens is 2. The molecule has 4 rings (SSSR count). The topological polar surface area (TPSA) is 49.0 Å². The van der Waals surface area contributed by atoms with Crippen molar-refractivity contribution in [2.75, 3.05) is 13.1 Å². The number of rotatable bonds is 3. The first kappa shape index (κ1) is 17.9. The Balaban J connectivity index is 1.48. The fourth-order valence-electron chi connectivity index (χ4n) is 3.48. The van der Waals surface area contributed by atoms with E-state index in [1.165, 1.54) is 18.2 Å². The van der Waals surface area contributed by atoms with Gasteiger partial charge in [-0.25, -0.2) is 9.37 Å². The van der Waals surface area contributed by atoms with Crippen LogP contribution >= 0.6 is 15.9 Å². The number of fused-ring (bicyclic) bond motifs is 1. The molecule has 27 heavy (non-hydrogen) atoms. The molecule has 2 aromatic carbocycles. The van der Waals surface area contributed by atoms with Crippen molar-refractivity contribution < 1.29 is 9.18 Å². The third-order valence-corrected chi connectivity index (χ3v) is 5.38. The van der Waals surface area contributed by atoms with Crippen LogP contribution in [0.15, 0.2) is 53.0 Å². The van der Waals surface area contributed by atoms with Crippen molar-refractivity contribution in [2.45, 2.75) is 18.8 Å². The average molecular weight is 428 g/mol. The van der Waals surface area contributed by atoms with Gasteiger partial charge < -0.3 is 9.88 Å². The second-order valence-electron chi connectivity index (χ2n) is 6.76. The summed E-state index contributed by atoms with van der Waals surface area (Å²) in [6, 6.07) is 12.6. The highest BCUT2D eigenvalue weighted by molar-refractivity contribution is 9.10. The maximum Gasteiger partial charge on any atom is 0.246 e. The molecule has 4 nitrogen and oxygen atoms in total. The van der Waals surface area contributed by atoms with Gasteiger partial charge in [-0.3, -0.25) is 4.79 Å². The first-order chi connectivity index (χ1) is 13.1. The van der Waals surface area contributed by atoms with E-state index in [4.69, 9.17) is 0 Å². The summed E-state index contributed by atoms with van der Waals surface area (Å²) >= 11 is 3.32. The van der Waals surface area contributed by atoms with Crippen LogP contribution in [-0.4, -0.2) is 33.9 Å². The monoisotopic (exact) mass is 427 g/mol. The molecule has 0 bridgehead atoms. The number of para-hydroxylation sites is 2. The molecule has 0 spiro atoms. The molecule has 1 aliphatic rings. The number of carbonyl (C=O) groups is 1. The van der Waals surface area contributed by atoms with Crippen LogP contribution in [0.3, 0.4) is 0 Å². The molecular weight excluding hydrogens is 409 g/mol. The van der Waals surface area contributed by atoms with Gasteiger partial charge in [0.15, 0.2) is 0 Å². The molecule has 1 amide bonds. The normalized spacial score (nSPS) is 17.7. The number of hydrogen-bond acceptors (Lipinski definition) is 2. The highest BCUT2D eigenvalue weighted by atomic mass is 79.9. The molecule has 1 unspecified atom stereocenters. The van der Waals surface area contributed by atoms with Gasteiger partial charge in [-0.15, -0.1) is 0 Å². The Kier molecular flexibility index (Phi) is 5.07. The number of nitrogens with zero attached hydrogens (tertiary/aromatic N) is 2. The fourth-order valence-corrected chi connectivity index (χ4v) is 3.85. The molecule has 3 aromatic rings. The van der Waals surface area contributed by atoms with Crippen LogP contribution in [0.2, 0.25) is 0 Å². The highest BCUT2D eigenvalue weighted by Crippen LogP contribution is 2.27. The SMILES string of the molecule is O=C(/C=C/c1cc(Br)ccc1F)N1CCCC(c2nc3ccccc3[nH]2)C1. The van der Waals surface area contributed by atoms with Gasteiger partial charge >= 0.3 is 0 Å². The van der Waals surface area contributed by atoms with Crippen LogP contribution in [0.25, 0.3) is 17.1 Å². The molecule has 1 saturated heterocycles. The highest BCUT2D eigenvalue weighted by Gasteiger charge is 2.25. The molecule has 0 radical (unpaired) electrons. The number of piperidine rings is 1. The number of likely N-dealkylation sites (tertiary alicyclic amines) is 1. The van der Waals surface area contributed by atoms with Gasteiger partial charge in [-0.05, 0) is 49.2 Å². The molecule has 138 valence electrons. The Morgan fingerprint density at radius 1 is 1.30 bits per heavy atom. The van der Waals surface area contributed by atoms with Crippen LogP contribution in [0.1, 0.15) is 30.1 Å². The lowest BCUT2D eigenvalue weighted by atomic mass is 9.97. The zero-order chi connectivity index (χ0) is 18.8. The smallest absolute Gasteiger partial charge is 0.246 e. The molecule has 1 aromatic heterocycles. The lowest BCUT2D eigenvalue weighted by Crippen LogP contribution is -2.38. The fraction of sp³-hybridized carbons (Fsp3) is 0.238. The molecule has 1 atom stereocenters. The van der Waals surface area contributed by atoms with Crippen molar-refractivity contribution in [1.29, 1.82) is 0 Å². The van der Waals surface area contributed by atoms with E-state index in [1.807, 2.05) is 29.2 Å². The minimum absolute atomic E-state index is 0.102. The van der Waals surface area contributed by atoms with E-state index < -0.39 is 0 Å². The van der Waals surface area contributed by atoms with Crippen LogP contribution in [-0.2, 0) is 4.79 Å². The van der Waals surface area contributed by atoms with E-state index in [9.17, 15) is 9.18 Å². The number of benzene rings is 2. The van der Waals surface area contributed by atoms with E-state index >= 15 is 0 Å². The number of aromatic amines is 1. The summed E-state index contributed by atoms with van der Waals surface area (Å²) in [4.78, 5) is 22.5. The number of aromatic nitrogens is 2. The van der Waals surface area contributed by atoms with E-state index in [1.54, 1.807) is 12.1 Å². The van der Waals surface area contributed by atoms with Crippen molar-refractivity contribution in [3.63, 3.8) is 0 Å². The maximum absolute atomic E-state index is 13.8. The average Bonchev–Trinajstić information content (AvgIpc) is 3.13. The summed E-state index contributed by atoms with van der Waals surface area (Å²) in [5.74, 6) is 0.665. The van der Waals surface area contributed by atoms with Crippen LogP contribution in [0.5, 0.6) is 0 Å². The van der Waals surface area contributed by atoms with Crippen molar-refractivity contribution in [1.82, 2.24) is 14.9 Å². The lowest BCUT2D eigenvalue weighted by Gasteiger charge is -2.31. The lowest BCUT2D eigenvalue weighted by molar-refractivity contribution is -0.127. The van der Waals surface area contributed by atoms with Gasteiger partial charge in [0.2, 0.25) is 5.91 Å². The first-order valence-electron chi connectivity index (χ1n) is 8.97. The molecular formula is C21H19BrFN3O. The van der Waals surface area contributed by atoms with Gasteiger partial charge in [0.25, 0.3) is 0 Å². The minimum Gasteiger partial charge on any atom is -0.342 e. The Hall–Kier alpha value is -2.47. The Bertz CT molecular complexity index is 981. The molecule has 0 aliphatic carbocycles. The Morgan fingerprint density at radius 3 is 3.00 bits per heavy atom. The molecule has 1 fully saturated rings. The van der Waals surface area contributed by atoms with Crippen LogP contribution in [0.4, 0.5) is 4.39 Å². The zero-order valence-corrected chi connectivity index (χ0v) is 16.2. The van der Waals surface area contributed by atoms with Crippen molar-refractivity contribution in [3.05, 3.63) is 70.2 Å². The summed E-state index contributed by atoms with van der Waals surface area (Å²) in [5, 5.41) is 0. The quantitative estimate of drug-likeness (QED) is 0.605. The second-order valence-corrected chi connectivity index (χ2v) is 7.68. The third kappa shape index (κ3) is 3.95. The predicted octanol–water partition coefficient (Wildman–Crippen LogP) is 4.88. The number of nitrogens with one attached hydrogen (secondary N) is 1. The van der Waals surface area contributed by atoms with Crippen molar-refractivity contribution >= 4 is 38.9 Å². The summed E-state index contributed by atoms with van der Waals surface area (Å²) in [7, 11) is 0. The summed E-state index contributed by atoms with van der Waals surface area (Å²) in [6.45, 7) is 1.32. The van der Waals surface area contributed by atoms with Gasteiger partial charge in [-0.1, -0.05) is 28.1 Å². The predicted molar refractivity (Wildman–Crippen MR) is 108 cm³/mol. The standard InChI is InChI=1S/C21H19BrFN3O/c22-16-8-9-17(23)14(12-16)7-10-20(27)26-11-3-4-15(13-26)21-24-18-5-1-2-6-19(18)25-21/h1-2,5-10,12,15H,3-4,11,13H2,(H,24,25)/b10-7+. The van der Waals surface area contributed by atoms with Crippen LogP contribution < -0.4 is 0 Å². The van der Waals surface area contributed by atoms with E-state index in [0.29, 0.717) is 18.7 Å². The van der Waals surface area contributed by atoms with Crippen molar-refractivity contribution in [3.8, 4) is 0 Å². The zero-order valence-electron chi connectivity index (χ0n) is 14.7. The minimum atomic E-state index is -0.346. The first-order valence-corrected chi connectivity index (χ1v) is 9.76. The molecule has 1 N–H and O–H groups in total. The second kappa shape index (κ2) is 7.64. The summed E-state index contributed by atoms with van der Waals surface area (Å²) in [5.41, 5.74) is 2.35. The Labute approximate surface area is 165 Å². The molecule has 0 saturated carbocycles. The van der Waals surface area contributed by atoms with Crippen LogP contribution in [0, 0.1) is 5.82 Å². The number of H-pyrrole nitrogens is 1. The van der Waals surface area contributed by atoms with E-state index in [-0.39, 0.29) is 17.6 Å². The summed E-state index contributed by atoms with van der Waals surface area (Å²) < 4.78 is 14.6. The van der Waals surface area contributed by atoms with Gasteiger partial charge in [0.1, 0.15) is 11.6 Å². The van der Waals surface area contributed by atoms with Crippen molar-refractivity contribution in [2.24, 2.45) is 0 Å². The summed E-state index contributed by atoms with van der Waals surface area (Å²) in [6.07, 6.45) is 4.90. The third-order valence-electron chi connectivity index (χ3n) is 4.89. The van der Waals surface area contributed by atoms with Gasteiger partial charge in [0.05, 0.1) is 11.0 Å².